The van der Waals surface area contributed by atoms with Gasteiger partial charge in [-0.05, 0) is 31.5 Å². The number of nitrogens with zero attached hydrogens (tertiary/aromatic N) is 1. The first-order valence-corrected chi connectivity index (χ1v) is 6.22. The Labute approximate surface area is 107 Å². The fourth-order valence-electron chi connectivity index (χ4n) is 2.31. The van der Waals surface area contributed by atoms with Crippen molar-refractivity contribution in [3.05, 3.63) is 35.6 Å². The summed E-state index contributed by atoms with van der Waals surface area (Å²) in [6.45, 7) is 5.13. The number of carbonyl (C=O) groups is 1. The highest BCUT2D eigenvalue weighted by molar-refractivity contribution is 5.78. The number of rotatable bonds is 2. The van der Waals surface area contributed by atoms with Gasteiger partial charge in [0.25, 0.3) is 0 Å². The number of hydrogen-bond donors (Lipinski definition) is 0. The third-order valence-corrected chi connectivity index (χ3v) is 3.02. The molecule has 3 nitrogen and oxygen atoms in total. The molecule has 4 heteroatoms. The Morgan fingerprint density at radius 1 is 1.39 bits per heavy atom. The topological polar surface area (TPSA) is 29.5 Å². The minimum Gasteiger partial charge on any atom is -0.372 e. The minimum absolute atomic E-state index is 0.0302. The van der Waals surface area contributed by atoms with Gasteiger partial charge in [0.2, 0.25) is 5.91 Å². The summed E-state index contributed by atoms with van der Waals surface area (Å²) in [5.74, 6) is -0.272. The number of benzene rings is 1. The number of halogens is 1. The highest BCUT2D eigenvalue weighted by Crippen LogP contribution is 2.13. The number of hydrogen-bond acceptors (Lipinski definition) is 2. The van der Waals surface area contributed by atoms with E-state index in [4.69, 9.17) is 4.74 Å². The number of carbonyl (C=O) groups excluding carboxylic acids is 1. The van der Waals surface area contributed by atoms with E-state index in [-0.39, 0.29) is 30.4 Å². The lowest BCUT2D eigenvalue weighted by atomic mass is 10.1. The van der Waals surface area contributed by atoms with Crippen LogP contribution in [-0.4, -0.2) is 36.1 Å². The van der Waals surface area contributed by atoms with E-state index < -0.39 is 0 Å². The van der Waals surface area contributed by atoms with Gasteiger partial charge in [-0.1, -0.05) is 12.1 Å². The average molecular weight is 251 g/mol. The summed E-state index contributed by atoms with van der Waals surface area (Å²) in [5.41, 5.74) is 0.715. The number of morpholine rings is 1. The molecule has 1 fully saturated rings. The molecular formula is C14H18FNO2. The molecule has 0 N–H and O–H groups in total. The highest BCUT2D eigenvalue weighted by atomic mass is 19.1. The average Bonchev–Trinajstić information content (AvgIpc) is 2.27. The summed E-state index contributed by atoms with van der Waals surface area (Å²) in [5, 5.41) is 0. The van der Waals surface area contributed by atoms with Gasteiger partial charge in [0.05, 0.1) is 18.6 Å². The lowest BCUT2D eigenvalue weighted by Gasteiger charge is -2.35. The Morgan fingerprint density at radius 3 is 2.67 bits per heavy atom. The molecular weight excluding hydrogens is 233 g/mol. The van der Waals surface area contributed by atoms with Crippen molar-refractivity contribution < 1.29 is 13.9 Å². The van der Waals surface area contributed by atoms with Crippen molar-refractivity contribution in [1.29, 1.82) is 0 Å². The van der Waals surface area contributed by atoms with Gasteiger partial charge in [-0.15, -0.1) is 0 Å². The summed E-state index contributed by atoms with van der Waals surface area (Å²) in [6.07, 6.45) is 0.368. The molecule has 1 amide bonds. The van der Waals surface area contributed by atoms with Gasteiger partial charge in [0.1, 0.15) is 5.82 Å². The summed E-state index contributed by atoms with van der Waals surface area (Å²) in [6, 6.07) is 6.19. The van der Waals surface area contributed by atoms with Crippen LogP contribution in [0.15, 0.2) is 24.3 Å². The van der Waals surface area contributed by atoms with Gasteiger partial charge in [-0.3, -0.25) is 4.79 Å². The van der Waals surface area contributed by atoms with E-state index in [1.807, 2.05) is 13.8 Å². The first-order chi connectivity index (χ1) is 8.54. The van der Waals surface area contributed by atoms with E-state index >= 15 is 0 Å². The molecule has 0 aliphatic carbocycles. The Hall–Kier alpha value is -1.42. The molecule has 0 saturated carbocycles. The fourth-order valence-corrected chi connectivity index (χ4v) is 2.31. The van der Waals surface area contributed by atoms with E-state index in [0.717, 1.165) is 0 Å². The van der Waals surface area contributed by atoms with Crippen molar-refractivity contribution >= 4 is 5.91 Å². The molecule has 2 rings (SSSR count). The van der Waals surface area contributed by atoms with Crippen LogP contribution in [0.4, 0.5) is 4.39 Å². The van der Waals surface area contributed by atoms with Crippen LogP contribution in [0.2, 0.25) is 0 Å². The van der Waals surface area contributed by atoms with Crippen LogP contribution < -0.4 is 0 Å². The van der Waals surface area contributed by atoms with E-state index in [2.05, 4.69) is 0 Å². The second-order valence-corrected chi connectivity index (χ2v) is 4.86. The van der Waals surface area contributed by atoms with Gasteiger partial charge >= 0.3 is 0 Å². The van der Waals surface area contributed by atoms with Crippen molar-refractivity contribution in [2.75, 3.05) is 13.1 Å². The molecule has 0 bridgehead atoms. The predicted octanol–water partition coefficient (Wildman–Crippen LogP) is 2.00. The molecule has 2 atom stereocenters. The van der Waals surface area contributed by atoms with Crippen LogP contribution in [0.25, 0.3) is 0 Å². The zero-order valence-corrected chi connectivity index (χ0v) is 10.7. The molecule has 18 heavy (non-hydrogen) atoms. The molecule has 2 unspecified atom stereocenters. The van der Waals surface area contributed by atoms with Crippen molar-refractivity contribution in [2.45, 2.75) is 32.5 Å². The van der Waals surface area contributed by atoms with Gasteiger partial charge in [-0.2, -0.15) is 0 Å². The molecule has 0 radical (unpaired) electrons. The summed E-state index contributed by atoms with van der Waals surface area (Å²) >= 11 is 0. The second kappa shape index (κ2) is 5.48. The molecule has 1 heterocycles. The van der Waals surface area contributed by atoms with Crippen molar-refractivity contribution in [3.63, 3.8) is 0 Å². The van der Waals surface area contributed by atoms with Crippen molar-refractivity contribution in [1.82, 2.24) is 4.90 Å². The van der Waals surface area contributed by atoms with Crippen LogP contribution in [0, 0.1) is 5.82 Å². The third kappa shape index (κ3) is 3.29. The second-order valence-electron chi connectivity index (χ2n) is 4.86. The lowest BCUT2D eigenvalue weighted by molar-refractivity contribution is -0.142. The normalized spacial score (nSPS) is 24.1. The van der Waals surface area contributed by atoms with Crippen LogP contribution in [-0.2, 0) is 16.0 Å². The molecule has 1 aliphatic heterocycles. The Balaban J connectivity index is 1.99. The van der Waals surface area contributed by atoms with Crippen molar-refractivity contribution in [2.24, 2.45) is 0 Å². The maximum absolute atomic E-state index is 13.0. The van der Waals surface area contributed by atoms with Crippen LogP contribution >= 0.6 is 0 Å². The maximum atomic E-state index is 13.0. The van der Waals surface area contributed by atoms with Gasteiger partial charge in [0, 0.05) is 13.1 Å². The molecule has 0 spiro atoms. The number of ether oxygens (including phenoxy) is 1. The largest absolute Gasteiger partial charge is 0.372 e. The van der Waals surface area contributed by atoms with E-state index in [1.54, 1.807) is 17.0 Å². The van der Waals surface area contributed by atoms with Crippen LogP contribution in [0.1, 0.15) is 19.4 Å². The minimum atomic E-state index is -0.302. The predicted molar refractivity (Wildman–Crippen MR) is 66.7 cm³/mol. The highest BCUT2D eigenvalue weighted by Gasteiger charge is 2.25. The van der Waals surface area contributed by atoms with Crippen LogP contribution in [0.3, 0.4) is 0 Å². The lowest BCUT2D eigenvalue weighted by Crippen LogP contribution is -2.48. The summed E-state index contributed by atoms with van der Waals surface area (Å²) in [4.78, 5) is 13.9. The van der Waals surface area contributed by atoms with E-state index in [1.165, 1.54) is 12.1 Å². The smallest absolute Gasteiger partial charge is 0.227 e. The van der Waals surface area contributed by atoms with Crippen molar-refractivity contribution in [3.8, 4) is 0 Å². The van der Waals surface area contributed by atoms with Crippen LogP contribution in [0.5, 0.6) is 0 Å². The first-order valence-electron chi connectivity index (χ1n) is 6.22. The van der Waals surface area contributed by atoms with Gasteiger partial charge < -0.3 is 9.64 Å². The molecule has 0 aromatic heterocycles. The van der Waals surface area contributed by atoms with Gasteiger partial charge in [-0.25, -0.2) is 4.39 Å². The zero-order valence-electron chi connectivity index (χ0n) is 10.7. The fraction of sp³-hybridized carbons (Fsp3) is 0.500. The zero-order chi connectivity index (χ0) is 13.1. The molecule has 1 aliphatic rings. The maximum Gasteiger partial charge on any atom is 0.227 e. The monoisotopic (exact) mass is 251 g/mol. The number of amides is 1. The SMILES string of the molecule is CC1CN(C(=O)Cc2cccc(F)c2)CC(C)O1. The molecule has 1 saturated heterocycles. The standard InChI is InChI=1S/C14H18FNO2/c1-10-8-16(9-11(2)18-10)14(17)7-12-4-3-5-13(15)6-12/h3-6,10-11H,7-9H2,1-2H3. The molecule has 1 aromatic rings. The third-order valence-electron chi connectivity index (χ3n) is 3.02. The quantitative estimate of drug-likeness (QED) is 0.804. The van der Waals surface area contributed by atoms with Gasteiger partial charge in [0.15, 0.2) is 0 Å². The Bertz CT molecular complexity index is 426. The molecule has 1 aromatic carbocycles. The first kappa shape index (κ1) is 13.0. The Morgan fingerprint density at radius 2 is 2.06 bits per heavy atom. The summed E-state index contributed by atoms with van der Waals surface area (Å²) in [7, 11) is 0. The van der Waals surface area contributed by atoms with E-state index in [0.29, 0.717) is 18.7 Å². The summed E-state index contributed by atoms with van der Waals surface area (Å²) < 4.78 is 18.6. The van der Waals surface area contributed by atoms with E-state index in [9.17, 15) is 9.18 Å². The Kier molecular flexibility index (Phi) is 3.97. The molecule has 98 valence electrons.